The maximum Gasteiger partial charge on any atom is 0.221 e. The molecule has 8 nitrogen and oxygen atoms in total. The summed E-state index contributed by atoms with van der Waals surface area (Å²) >= 11 is 0. The molecular weight excluding hydrogens is 370 g/mol. The topological polar surface area (TPSA) is 116 Å². The van der Waals surface area contributed by atoms with E-state index in [1.165, 1.54) is 19.3 Å². The Bertz CT molecular complexity index is 522. The highest BCUT2D eigenvalue weighted by atomic mass is 16.5. The van der Waals surface area contributed by atoms with Gasteiger partial charge in [0.05, 0.1) is 19.9 Å². The molecule has 3 rings (SSSR count). The molecule has 2 aliphatic heterocycles. The maximum absolute atomic E-state index is 5.84. The summed E-state index contributed by atoms with van der Waals surface area (Å²) in [5.41, 5.74) is 11.3. The summed E-state index contributed by atoms with van der Waals surface area (Å²) in [6.07, 6.45) is 12.1. The molecule has 1 unspecified atom stereocenters. The number of amidine groups is 1. The minimum atomic E-state index is 0.0479. The zero-order valence-electron chi connectivity index (χ0n) is 18.8. The molecule has 1 aliphatic carbocycles. The van der Waals surface area contributed by atoms with Crippen LogP contribution in [-0.2, 0) is 14.2 Å². The van der Waals surface area contributed by atoms with Crippen molar-refractivity contribution in [2.75, 3.05) is 34.1 Å². The molecule has 2 fully saturated rings. The third-order valence-electron chi connectivity index (χ3n) is 3.80. The lowest BCUT2D eigenvalue weighted by molar-refractivity contribution is 0.127. The standard InChI is InChI=1S/C12H20N4O2.C4H9NO.C3H6.C2H6/c1-17-8-10(18-2)5-3-4-9-6-7-15-12(14)16-11(9)13;1-4-2-5-3-6-4;1-2-3-1;1-2/h5-7,9H,3-4,8H2,1-2H3,(H4,13,14,15,16);4-5H,2-3H2,1H3;1-3H2;1-2H3/b10-5+;;;/t;4-;;/m.0../s1. The van der Waals surface area contributed by atoms with Crippen molar-refractivity contribution in [2.24, 2.45) is 27.4 Å². The first-order chi connectivity index (χ1) is 14.1. The minimum Gasteiger partial charge on any atom is -0.499 e. The van der Waals surface area contributed by atoms with Gasteiger partial charge in [-0.3, -0.25) is 5.32 Å². The summed E-state index contributed by atoms with van der Waals surface area (Å²) in [5, 5.41) is 3.05. The number of nitrogens with one attached hydrogen (secondary N) is 1. The van der Waals surface area contributed by atoms with E-state index >= 15 is 0 Å². The Morgan fingerprint density at radius 2 is 1.97 bits per heavy atom. The highest BCUT2D eigenvalue weighted by molar-refractivity contribution is 5.97. The molecule has 5 N–H and O–H groups in total. The van der Waals surface area contributed by atoms with Gasteiger partial charge in [-0.2, -0.15) is 0 Å². The van der Waals surface area contributed by atoms with Gasteiger partial charge in [-0.05, 0) is 25.8 Å². The lowest BCUT2D eigenvalue weighted by Gasteiger charge is -2.10. The molecule has 0 aromatic carbocycles. The van der Waals surface area contributed by atoms with Crippen molar-refractivity contribution in [3.8, 4) is 0 Å². The van der Waals surface area contributed by atoms with Gasteiger partial charge < -0.3 is 25.7 Å². The van der Waals surface area contributed by atoms with Crippen LogP contribution in [0, 0.1) is 5.92 Å². The van der Waals surface area contributed by atoms with E-state index in [-0.39, 0.29) is 11.9 Å². The van der Waals surface area contributed by atoms with Crippen LogP contribution in [0.15, 0.2) is 34.1 Å². The number of rotatable bonds is 6. The summed E-state index contributed by atoms with van der Waals surface area (Å²) in [5.74, 6) is 1.54. The van der Waals surface area contributed by atoms with Gasteiger partial charge in [-0.15, -0.1) is 0 Å². The molecule has 3 aliphatic rings. The molecule has 0 aromatic rings. The summed E-state index contributed by atoms with van der Waals surface area (Å²) in [7, 11) is 3.26. The molecule has 1 saturated heterocycles. The summed E-state index contributed by atoms with van der Waals surface area (Å²) in [6, 6.07) is 0. The van der Waals surface area contributed by atoms with Crippen molar-refractivity contribution in [1.82, 2.24) is 5.32 Å². The highest BCUT2D eigenvalue weighted by Crippen LogP contribution is 2.15. The van der Waals surface area contributed by atoms with Gasteiger partial charge in [0, 0.05) is 25.8 Å². The predicted molar refractivity (Wildman–Crippen MR) is 121 cm³/mol. The summed E-state index contributed by atoms with van der Waals surface area (Å²) in [6.45, 7) is 8.28. The molecule has 2 atom stereocenters. The van der Waals surface area contributed by atoms with E-state index < -0.39 is 0 Å². The molecule has 29 heavy (non-hydrogen) atoms. The van der Waals surface area contributed by atoms with Crippen molar-refractivity contribution in [2.45, 2.75) is 59.0 Å². The van der Waals surface area contributed by atoms with Gasteiger partial charge in [-0.25, -0.2) is 9.98 Å². The smallest absolute Gasteiger partial charge is 0.221 e. The lowest BCUT2D eigenvalue weighted by Crippen LogP contribution is -2.24. The van der Waals surface area contributed by atoms with Crippen LogP contribution in [0.4, 0.5) is 0 Å². The van der Waals surface area contributed by atoms with Crippen LogP contribution in [0.1, 0.15) is 52.9 Å². The number of ether oxygens (including phenoxy) is 3. The number of hydrogen-bond donors (Lipinski definition) is 3. The molecule has 0 spiro atoms. The SMILES string of the molecule is C1CC1.CC.COC/C(=C\CCC1C=CN=C(N)N=C1N)OC.C[C@H]1CNCO1. The van der Waals surface area contributed by atoms with Gasteiger partial charge in [0.2, 0.25) is 5.96 Å². The van der Waals surface area contributed by atoms with Crippen LogP contribution < -0.4 is 16.8 Å². The van der Waals surface area contributed by atoms with Crippen LogP contribution in [0.2, 0.25) is 0 Å². The van der Waals surface area contributed by atoms with E-state index in [1.54, 1.807) is 20.4 Å². The first-order valence-corrected chi connectivity index (χ1v) is 10.4. The number of nitrogens with two attached hydrogens (primary N) is 2. The number of hydrogen-bond acceptors (Lipinski definition) is 8. The van der Waals surface area contributed by atoms with Crippen molar-refractivity contribution < 1.29 is 14.2 Å². The van der Waals surface area contributed by atoms with E-state index in [9.17, 15) is 0 Å². The van der Waals surface area contributed by atoms with E-state index in [2.05, 4.69) is 22.2 Å². The number of methoxy groups -OCH3 is 2. The van der Waals surface area contributed by atoms with E-state index in [1.807, 2.05) is 26.0 Å². The van der Waals surface area contributed by atoms with Crippen molar-refractivity contribution in [3.05, 3.63) is 24.1 Å². The van der Waals surface area contributed by atoms with Crippen LogP contribution in [0.25, 0.3) is 0 Å². The number of aliphatic imine (C=N–C) groups is 2. The molecular formula is C21H41N5O3. The quantitative estimate of drug-likeness (QED) is 0.579. The number of nitrogens with zero attached hydrogens (tertiary/aromatic N) is 2. The monoisotopic (exact) mass is 411 g/mol. The Balaban J connectivity index is 0.000000574. The van der Waals surface area contributed by atoms with Crippen molar-refractivity contribution in [1.29, 1.82) is 0 Å². The predicted octanol–water partition coefficient (Wildman–Crippen LogP) is 2.91. The Labute approximate surface area is 176 Å². The maximum atomic E-state index is 5.84. The fourth-order valence-corrected chi connectivity index (χ4v) is 2.10. The fraction of sp³-hybridized carbons (Fsp3) is 0.714. The molecule has 168 valence electrons. The number of guanidine groups is 1. The Morgan fingerprint density at radius 3 is 2.41 bits per heavy atom. The third kappa shape index (κ3) is 15.7. The number of allylic oxidation sites excluding steroid dienone is 1. The van der Waals surface area contributed by atoms with E-state index in [0.29, 0.717) is 18.5 Å². The second-order valence-corrected chi connectivity index (χ2v) is 6.49. The highest BCUT2D eigenvalue weighted by Gasteiger charge is 2.11. The van der Waals surface area contributed by atoms with Crippen LogP contribution >= 0.6 is 0 Å². The average molecular weight is 412 g/mol. The molecule has 0 aromatic heterocycles. The second kappa shape index (κ2) is 18.1. The molecule has 2 heterocycles. The van der Waals surface area contributed by atoms with Gasteiger partial charge in [0.25, 0.3) is 0 Å². The van der Waals surface area contributed by atoms with Crippen LogP contribution in [-0.4, -0.2) is 52.0 Å². The Morgan fingerprint density at radius 1 is 1.28 bits per heavy atom. The van der Waals surface area contributed by atoms with Gasteiger partial charge in [-0.1, -0.05) is 39.2 Å². The van der Waals surface area contributed by atoms with Crippen molar-refractivity contribution in [3.63, 3.8) is 0 Å². The van der Waals surface area contributed by atoms with Gasteiger partial charge >= 0.3 is 0 Å². The van der Waals surface area contributed by atoms with E-state index in [0.717, 1.165) is 31.9 Å². The zero-order chi connectivity index (χ0) is 21.9. The van der Waals surface area contributed by atoms with Crippen LogP contribution in [0.5, 0.6) is 0 Å². The molecule has 1 saturated carbocycles. The summed E-state index contributed by atoms with van der Waals surface area (Å²) in [4.78, 5) is 7.89. The first-order valence-electron chi connectivity index (χ1n) is 10.4. The van der Waals surface area contributed by atoms with Gasteiger partial charge in [0.1, 0.15) is 18.2 Å². The molecule has 0 radical (unpaired) electrons. The Kier molecular flexibility index (Phi) is 17.0. The second-order valence-electron chi connectivity index (χ2n) is 6.49. The minimum absolute atomic E-state index is 0.0479. The normalized spacial score (nSPS) is 22.3. The van der Waals surface area contributed by atoms with Crippen molar-refractivity contribution >= 4 is 11.8 Å². The molecule has 0 bridgehead atoms. The van der Waals surface area contributed by atoms with Crippen LogP contribution in [0.3, 0.4) is 0 Å². The summed E-state index contributed by atoms with van der Waals surface area (Å²) < 4.78 is 15.2. The Hall–Kier alpha value is -1.90. The largest absolute Gasteiger partial charge is 0.499 e. The average Bonchev–Trinajstić information content (AvgIpc) is 3.55. The third-order valence-corrected chi connectivity index (χ3v) is 3.80. The van der Waals surface area contributed by atoms with Gasteiger partial charge in [0.15, 0.2) is 0 Å². The molecule has 0 amide bonds. The lowest BCUT2D eigenvalue weighted by atomic mass is 10.0. The fourth-order valence-electron chi connectivity index (χ4n) is 2.10. The zero-order valence-corrected chi connectivity index (χ0v) is 18.8. The molecule has 8 heteroatoms. The first kappa shape index (κ1) is 27.1. The van der Waals surface area contributed by atoms with E-state index in [4.69, 9.17) is 25.7 Å².